The molecule has 5 rings (SSSR count). The monoisotopic (exact) mass is 349 g/mol. The summed E-state index contributed by atoms with van der Waals surface area (Å²) < 4.78 is 1.90. The molecule has 0 radical (unpaired) electrons. The molecule has 6 nitrogen and oxygen atoms in total. The van der Waals surface area contributed by atoms with E-state index < -0.39 is 11.7 Å². The standard InChI is InChI=1S/C20H19N3O3/c24-18-7-3-6-16-14-8-13(10-22(16)18)9-21(11-14)12-23-17-5-2-1-4-15(17)19(25)20(23)26/h1-7,13-14H,8-12H2/t13-,14+/m1/s1. The van der Waals surface area contributed by atoms with Gasteiger partial charge in [0, 0.05) is 37.3 Å². The van der Waals surface area contributed by atoms with E-state index in [-0.39, 0.29) is 5.56 Å². The van der Waals surface area contributed by atoms with E-state index in [1.54, 1.807) is 23.1 Å². The van der Waals surface area contributed by atoms with Crippen LogP contribution in [0.1, 0.15) is 28.4 Å². The molecule has 26 heavy (non-hydrogen) atoms. The molecule has 1 saturated heterocycles. The number of piperidine rings is 1. The van der Waals surface area contributed by atoms with Crippen molar-refractivity contribution in [2.75, 3.05) is 24.7 Å². The van der Waals surface area contributed by atoms with E-state index in [2.05, 4.69) is 4.90 Å². The number of para-hydroxylation sites is 1. The number of hydrogen-bond acceptors (Lipinski definition) is 4. The lowest BCUT2D eigenvalue weighted by Crippen LogP contribution is -2.51. The molecule has 132 valence electrons. The number of benzene rings is 1. The number of nitrogens with zero attached hydrogens (tertiary/aromatic N) is 3. The van der Waals surface area contributed by atoms with Gasteiger partial charge < -0.3 is 4.57 Å². The Kier molecular flexibility index (Phi) is 3.37. The fourth-order valence-electron chi connectivity index (χ4n) is 4.70. The molecule has 2 atom stereocenters. The second-order valence-electron chi connectivity index (χ2n) is 7.45. The highest BCUT2D eigenvalue weighted by Crippen LogP contribution is 2.36. The molecule has 0 saturated carbocycles. The van der Waals surface area contributed by atoms with Gasteiger partial charge >= 0.3 is 5.91 Å². The molecule has 0 aliphatic carbocycles. The van der Waals surface area contributed by atoms with E-state index in [0.717, 1.165) is 31.7 Å². The van der Waals surface area contributed by atoms with Crippen LogP contribution in [0.15, 0.2) is 47.3 Å². The maximum absolute atomic E-state index is 12.4. The van der Waals surface area contributed by atoms with Crippen molar-refractivity contribution in [1.29, 1.82) is 0 Å². The van der Waals surface area contributed by atoms with Crippen LogP contribution in [0.2, 0.25) is 0 Å². The zero-order valence-corrected chi connectivity index (χ0v) is 14.3. The van der Waals surface area contributed by atoms with Crippen molar-refractivity contribution in [1.82, 2.24) is 9.47 Å². The van der Waals surface area contributed by atoms with Gasteiger partial charge in [0.05, 0.1) is 17.9 Å². The van der Waals surface area contributed by atoms with E-state index in [4.69, 9.17) is 0 Å². The van der Waals surface area contributed by atoms with Crippen LogP contribution in [0.3, 0.4) is 0 Å². The van der Waals surface area contributed by atoms with Crippen LogP contribution >= 0.6 is 0 Å². The number of hydrogen-bond donors (Lipinski definition) is 0. The lowest BCUT2D eigenvalue weighted by atomic mass is 9.83. The number of anilines is 1. The minimum absolute atomic E-state index is 0.0693. The Bertz CT molecular complexity index is 980. The zero-order valence-electron chi connectivity index (χ0n) is 14.3. The number of fused-ring (bicyclic) bond motifs is 5. The lowest BCUT2D eigenvalue weighted by molar-refractivity contribution is -0.114. The molecular weight excluding hydrogens is 330 g/mol. The Morgan fingerprint density at radius 1 is 0.923 bits per heavy atom. The zero-order chi connectivity index (χ0) is 17.8. The number of amides is 1. The first kappa shape index (κ1) is 15.5. The maximum atomic E-state index is 12.4. The van der Waals surface area contributed by atoms with Crippen LogP contribution in [0.5, 0.6) is 0 Å². The normalized spacial score (nSPS) is 24.5. The molecule has 1 fully saturated rings. The number of aromatic nitrogens is 1. The van der Waals surface area contributed by atoms with Crippen molar-refractivity contribution in [2.24, 2.45) is 5.92 Å². The fraction of sp³-hybridized carbons (Fsp3) is 0.350. The second kappa shape index (κ2) is 5.64. The van der Waals surface area contributed by atoms with Crippen LogP contribution in [-0.4, -0.2) is 40.9 Å². The predicted molar refractivity (Wildman–Crippen MR) is 96.2 cm³/mol. The van der Waals surface area contributed by atoms with Gasteiger partial charge in [-0.2, -0.15) is 0 Å². The average molecular weight is 349 g/mol. The van der Waals surface area contributed by atoms with Gasteiger partial charge in [-0.05, 0) is 30.5 Å². The molecule has 0 unspecified atom stereocenters. The summed E-state index contributed by atoms with van der Waals surface area (Å²) >= 11 is 0. The summed E-state index contributed by atoms with van der Waals surface area (Å²) in [5.41, 5.74) is 2.35. The van der Waals surface area contributed by atoms with Crippen LogP contribution < -0.4 is 10.5 Å². The number of pyridine rings is 1. The highest BCUT2D eigenvalue weighted by molar-refractivity contribution is 6.52. The first-order valence-corrected chi connectivity index (χ1v) is 8.99. The van der Waals surface area contributed by atoms with Gasteiger partial charge in [0.25, 0.3) is 11.3 Å². The molecule has 0 spiro atoms. The summed E-state index contributed by atoms with van der Waals surface area (Å²) in [5, 5.41) is 0. The Morgan fingerprint density at radius 3 is 2.65 bits per heavy atom. The number of carbonyl (C=O) groups is 2. The van der Waals surface area contributed by atoms with Gasteiger partial charge in [0.15, 0.2) is 0 Å². The summed E-state index contributed by atoms with van der Waals surface area (Å²) in [4.78, 5) is 40.6. The first-order valence-electron chi connectivity index (χ1n) is 8.99. The Labute approximate surface area is 150 Å². The molecular formula is C20H19N3O3. The third-order valence-electron chi connectivity index (χ3n) is 5.78. The number of ketones is 1. The van der Waals surface area contributed by atoms with Gasteiger partial charge in [-0.15, -0.1) is 0 Å². The molecule has 2 aromatic rings. The van der Waals surface area contributed by atoms with Crippen LogP contribution in [-0.2, 0) is 11.3 Å². The van der Waals surface area contributed by atoms with Gasteiger partial charge in [-0.3, -0.25) is 24.2 Å². The molecule has 6 heteroatoms. The van der Waals surface area contributed by atoms with Gasteiger partial charge in [0.2, 0.25) is 0 Å². The summed E-state index contributed by atoms with van der Waals surface area (Å²) in [5.74, 6) is -0.182. The fourth-order valence-corrected chi connectivity index (χ4v) is 4.70. The molecule has 1 aromatic heterocycles. The van der Waals surface area contributed by atoms with E-state index in [1.165, 1.54) is 0 Å². The van der Waals surface area contributed by atoms with Crippen molar-refractivity contribution in [2.45, 2.75) is 18.9 Å². The van der Waals surface area contributed by atoms with Gasteiger partial charge in [-0.25, -0.2) is 0 Å². The molecule has 3 aliphatic heterocycles. The number of likely N-dealkylation sites (tertiary alicyclic amines) is 1. The Balaban J connectivity index is 1.42. The van der Waals surface area contributed by atoms with E-state index in [0.29, 0.717) is 29.8 Å². The minimum Gasteiger partial charge on any atom is -0.312 e. The quantitative estimate of drug-likeness (QED) is 0.770. The summed E-state index contributed by atoms with van der Waals surface area (Å²) in [6, 6.07) is 12.7. The third kappa shape index (κ3) is 2.25. The summed E-state index contributed by atoms with van der Waals surface area (Å²) in [6.07, 6.45) is 1.07. The summed E-state index contributed by atoms with van der Waals surface area (Å²) in [6.45, 7) is 2.77. The smallest absolute Gasteiger partial charge is 0.300 e. The molecule has 1 amide bonds. The largest absolute Gasteiger partial charge is 0.312 e. The van der Waals surface area contributed by atoms with Crippen LogP contribution in [0.25, 0.3) is 0 Å². The van der Waals surface area contributed by atoms with Crippen molar-refractivity contribution in [3.8, 4) is 0 Å². The number of carbonyl (C=O) groups excluding carboxylic acids is 2. The highest BCUT2D eigenvalue weighted by atomic mass is 16.2. The maximum Gasteiger partial charge on any atom is 0.300 e. The second-order valence-corrected chi connectivity index (χ2v) is 7.45. The SMILES string of the molecule is O=C1C(=O)N(CN2C[C@H]3C[C@@H](C2)c2cccc(=O)n2C3)c2ccccc21. The Hall–Kier alpha value is -2.73. The highest BCUT2D eigenvalue weighted by Gasteiger charge is 2.39. The molecule has 2 bridgehead atoms. The average Bonchev–Trinajstić information content (AvgIpc) is 2.88. The first-order chi connectivity index (χ1) is 12.6. The van der Waals surface area contributed by atoms with E-state index >= 15 is 0 Å². The van der Waals surface area contributed by atoms with E-state index in [9.17, 15) is 14.4 Å². The molecule has 0 N–H and O–H groups in total. The number of Topliss-reactive ketones (excluding diaryl/α,β-unsaturated/α-hetero) is 1. The van der Waals surface area contributed by atoms with Crippen molar-refractivity contribution >= 4 is 17.4 Å². The van der Waals surface area contributed by atoms with Crippen molar-refractivity contribution in [3.63, 3.8) is 0 Å². The molecule has 3 aliphatic rings. The minimum atomic E-state index is -0.446. The lowest BCUT2D eigenvalue weighted by Gasteiger charge is -2.43. The van der Waals surface area contributed by atoms with Gasteiger partial charge in [0.1, 0.15) is 0 Å². The van der Waals surface area contributed by atoms with Crippen LogP contribution in [0.4, 0.5) is 5.69 Å². The van der Waals surface area contributed by atoms with Crippen LogP contribution in [0, 0.1) is 5.92 Å². The number of rotatable bonds is 2. The van der Waals surface area contributed by atoms with Crippen molar-refractivity contribution in [3.05, 3.63) is 64.1 Å². The topological polar surface area (TPSA) is 62.6 Å². The van der Waals surface area contributed by atoms with Crippen molar-refractivity contribution < 1.29 is 9.59 Å². The Morgan fingerprint density at radius 2 is 1.77 bits per heavy atom. The third-order valence-corrected chi connectivity index (χ3v) is 5.78. The van der Waals surface area contributed by atoms with E-state index in [1.807, 2.05) is 28.8 Å². The van der Waals surface area contributed by atoms with Gasteiger partial charge in [-0.1, -0.05) is 18.2 Å². The molecule has 4 heterocycles. The summed E-state index contributed by atoms with van der Waals surface area (Å²) in [7, 11) is 0. The molecule has 1 aromatic carbocycles. The predicted octanol–water partition coefficient (Wildman–Crippen LogP) is 1.45.